The molecule has 0 aromatic heterocycles. The van der Waals surface area contributed by atoms with E-state index in [1.807, 2.05) is 30.3 Å². The van der Waals surface area contributed by atoms with Crippen LogP contribution in [0.25, 0.3) is 0 Å². The maximum Gasteiger partial charge on any atom is 0.243 e. The van der Waals surface area contributed by atoms with Gasteiger partial charge in [-0.05, 0) is 29.7 Å². The van der Waals surface area contributed by atoms with Gasteiger partial charge in [-0.1, -0.05) is 42.5 Å². The maximum atomic E-state index is 13.2. The van der Waals surface area contributed by atoms with Crippen molar-refractivity contribution in [2.75, 3.05) is 18.8 Å². The molecule has 0 spiro atoms. The number of nitrogens with one attached hydrogen (secondary N) is 1. The van der Waals surface area contributed by atoms with Crippen molar-refractivity contribution in [1.29, 1.82) is 0 Å². The highest BCUT2D eigenvalue weighted by molar-refractivity contribution is 7.89. The predicted molar refractivity (Wildman–Crippen MR) is 92.8 cm³/mol. The summed E-state index contributed by atoms with van der Waals surface area (Å²) < 4.78 is 40.0. The first-order chi connectivity index (χ1) is 12.0. The molecule has 0 bridgehead atoms. The van der Waals surface area contributed by atoms with E-state index >= 15 is 0 Å². The normalized spacial score (nSPS) is 18.8. The quantitative estimate of drug-likeness (QED) is 0.883. The lowest BCUT2D eigenvalue weighted by Crippen LogP contribution is -2.52. The zero-order chi connectivity index (χ0) is 17.9. The molecule has 132 valence electrons. The molecule has 7 heteroatoms. The number of halogens is 1. The number of nitrogens with zero attached hydrogens (tertiary/aromatic N) is 1. The van der Waals surface area contributed by atoms with Crippen molar-refractivity contribution in [3.05, 3.63) is 71.5 Å². The third-order valence-corrected chi connectivity index (χ3v) is 6.03. The van der Waals surface area contributed by atoms with Crippen LogP contribution >= 0.6 is 0 Å². The van der Waals surface area contributed by atoms with Crippen LogP contribution in [0.3, 0.4) is 0 Å². The number of benzene rings is 2. The van der Waals surface area contributed by atoms with E-state index in [0.717, 1.165) is 5.56 Å². The molecular formula is C18H19FN2O3S. The Bertz CT molecular complexity index is 838. The lowest BCUT2D eigenvalue weighted by Gasteiger charge is -2.34. The summed E-state index contributed by atoms with van der Waals surface area (Å²) in [5.74, 6) is -0.901. The summed E-state index contributed by atoms with van der Waals surface area (Å²) in [7, 11) is -3.64. The lowest BCUT2D eigenvalue weighted by molar-refractivity contribution is -0.126. The van der Waals surface area contributed by atoms with Crippen LogP contribution in [0.2, 0.25) is 0 Å². The summed E-state index contributed by atoms with van der Waals surface area (Å²) in [6.07, 6.45) is 0.372. The van der Waals surface area contributed by atoms with Crippen LogP contribution in [-0.4, -0.2) is 37.5 Å². The van der Waals surface area contributed by atoms with Crippen molar-refractivity contribution in [3.8, 4) is 0 Å². The van der Waals surface area contributed by atoms with Crippen LogP contribution in [0.5, 0.6) is 0 Å². The molecule has 2 aromatic rings. The van der Waals surface area contributed by atoms with Crippen molar-refractivity contribution in [3.63, 3.8) is 0 Å². The summed E-state index contributed by atoms with van der Waals surface area (Å²) in [6.45, 7) is 0.464. The molecule has 25 heavy (non-hydrogen) atoms. The Hall–Kier alpha value is -2.25. The first-order valence-electron chi connectivity index (χ1n) is 8.04. The van der Waals surface area contributed by atoms with Crippen molar-refractivity contribution in [1.82, 2.24) is 9.62 Å². The third-order valence-electron chi connectivity index (χ3n) is 4.20. The van der Waals surface area contributed by atoms with Gasteiger partial charge < -0.3 is 5.32 Å². The highest BCUT2D eigenvalue weighted by Crippen LogP contribution is 2.27. The largest absolute Gasteiger partial charge is 0.353 e. The number of hydrogen-bond donors (Lipinski definition) is 1. The second kappa shape index (κ2) is 7.33. The molecule has 1 saturated heterocycles. The summed E-state index contributed by atoms with van der Waals surface area (Å²) >= 11 is 0. The standard InChI is InChI=1S/C18H19FN2O3S/c19-16-8-6-15(7-9-16)17-18(22)20-11-12-21(17)25(23,24)13-10-14-4-2-1-3-5-14/h1-9,17H,10-13H2,(H,20,22). The van der Waals surface area contributed by atoms with Crippen LogP contribution < -0.4 is 5.32 Å². The van der Waals surface area contributed by atoms with E-state index in [0.29, 0.717) is 12.0 Å². The molecule has 1 aliphatic rings. The minimum absolute atomic E-state index is 0.0814. The molecule has 0 saturated carbocycles. The van der Waals surface area contributed by atoms with Gasteiger partial charge in [-0.25, -0.2) is 12.8 Å². The molecule has 1 amide bonds. The molecule has 1 fully saturated rings. The van der Waals surface area contributed by atoms with E-state index in [9.17, 15) is 17.6 Å². The lowest BCUT2D eigenvalue weighted by atomic mass is 10.0. The Balaban J connectivity index is 1.83. The van der Waals surface area contributed by atoms with Crippen molar-refractivity contribution < 1.29 is 17.6 Å². The molecule has 2 aromatic carbocycles. The fraction of sp³-hybridized carbons (Fsp3) is 0.278. The van der Waals surface area contributed by atoms with Gasteiger partial charge in [0.1, 0.15) is 11.9 Å². The molecule has 0 radical (unpaired) electrons. The minimum atomic E-state index is -3.64. The van der Waals surface area contributed by atoms with Gasteiger partial charge in [0.2, 0.25) is 15.9 Å². The molecule has 0 aliphatic carbocycles. The van der Waals surface area contributed by atoms with Crippen molar-refractivity contribution in [2.24, 2.45) is 0 Å². The second-order valence-corrected chi connectivity index (χ2v) is 7.95. The van der Waals surface area contributed by atoms with Gasteiger partial charge >= 0.3 is 0 Å². The Labute approximate surface area is 146 Å². The van der Waals surface area contributed by atoms with Crippen LogP contribution in [0.4, 0.5) is 4.39 Å². The zero-order valence-electron chi connectivity index (χ0n) is 13.6. The number of amides is 1. The monoisotopic (exact) mass is 362 g/mol. The van der Waals surface area contributed by atoms with Gasteiger partial charge in [-0.15, -0.1) is 0 Å². The number of carbonyl (C=O) groups is 1. The Morgan fingerprint density at radius 2 is 1.76 bits per heavy atom. The first-order valence-corrected chi connectivity index (χ1v) is 9.65. The second-order valence-electron chi connectivity index (χ2n) is 5.91. The fourth-order valence-corrected chi connectivity index (χ4v) is 4.55. The minimum Gasteiger partial charge on any atom is -0.353 e. The highest BCUT2D eigenvalue weighted by atomic mass is 32.2. The molecule has 3 rings (SSSR count). The average Bonchev–Trinajstić information content (AvgIpc) is 2.62. The number of carbonyl (C=O) groups excluding carboxylic acids is 1. The number of piperazine rings is 1. The van der Waals surface area contributed by atoms with E-state index in [-0.39, 0.29) is 24.7 Å². The average molecular weight is 362 g/mol. The molecular weight excluding hydrogens is 343 g/mol. The van der Waals surface area contributed by atoms with Crippen LogP contribution in [0.15, 0.2) is 54.6 Å². The van der Waals surface area contributed by atoms with E-state index in [4.69, 9.17) is 0 Å². The van der Waals surface area contributed by atoms with E-state index in [1.54, 1.807) is 0 Å². The maximum absolute atomic E-state index is 13.2. The van der Waals surface area contributed by atoms with Gasteiger partial charge in [-0.3, -0.25) is 4.79 Å². The molecule has 1 heterocycles. The fourth-order valence-electron chi connectivity index (χ4n) is 2.92. The number of rotatable bonds is 5. The Morgan fingerprint density at radius 1 is 1.08 bits per heavy atom. The molecule has 1 aliphatic heterocycles. The molecule has 1 unspecified atom stereocenters. The Kier molecular flexibility index (Phi) is 5.15. The summed E-state index contributed by atoms with van der Waals surface area (Å²) in [5, 5.41) is 2.68. The van der Waals surface area contributed by atoms with Gasteiger partial charge in [-0.2, -0.15) is 4.31 Å². The molecule has 1 atom stereocenters. The number of hydrogen-bond acceptors (Lipinski definition) is 3. The summed E-state index contributed by atoms with van der Waals surface area (Å²) in [6, 6.07) is 13.7. The van der Waals surface area contributed by atoms with Gasteiger partial charge in [0.25, 0.3) is 0 Å². The Morgan fingerprint density at radius 3 is 2.44 bits per heavy atom. The number of aryl methyl sites for hydroxylation is 1. The summed E-state index contributed by atoms with van der Waals surface area (Å²) in [4.78, 5) is 12.3. The highest BCUT2D eigenvalue weighted by Gasteiger charge is 2.38. The van der Waals surface area contributed by atoms with Crippen molar-refractivity contribution >= 4 is 15.9 Å². The van der Waals surface area contributed by atoms with Crippen molar-refractivity contribution in [2.45, 2.75) is 12.5 Å². The number of sulfonamides is 1. The molecule has 5 nitrogen and oxygen atoms in total. The topological polar surface area (TPSA) is 66.5 Å². The van der Waals surface area contributed by atoms with E-state index < -0.39 is 21.9 Å². The third kappa shape index (κ3) is 4.05. The molecule has 1 N–H and O–H groups in total. The predicted octanol–water partition coefficient (Wildman–Crippen LogP) is 1.87. The summed E-state index contributed by atoms with van der Waals surface area (Å²) in [5.41, 5.74) is 1.38. The zero-order valence-corrected chi connectivity index (χ0v) is 14.4. The van der Waals surface area contributed by atoms with Crippen LogP contribution in [0.1, 0.15) is 17.2 Å². The first kappa shape index (κ1) is 17.6. The van der Waals surface area contributed by atoms with E-state index in [2.05, 4.69) is 5.32 Å². The van der Waals surface area contributed by atoms with Gasteiger partial charge in [0.15, 0.2) is 0 Å². The van der Waals surface area contributed by atoms with Crippen LogP contribution in [0, 0.1) is 5.82 Å². The van der Waals surface area contributed by atoms with Gasteiger partial charge in [0, 0.05) is 13.1 Å². The van der Waals surface area contributed by atoms with Crippen LogP contribution in [-0.2, 0) is 21.2 Å². The SMILES string of the molecule is O=C1NCCN(S(=O)(=O)CCc2ccccc2)C1c1ccc(F)cc1. The smallest absolute Gasteiger partial charge is 0.243 e. The van der Waals surface area contributed by atoms with Gasteiger partial charge in [0.05, 0.1) is 5.75 Å². The van der Waals surface area contributed by atoms with E-state index in [1.165, 1.54) is 28.6 Å².